The summed E-state index contributed by atoms with van der Waals surface area (Å²) in [6.45, 7) is 1.46. The lowest BCUT2D eigenvalue weighted by Gasteiger charge is -2.19. The van der Waals surface area contributed by atoms with Crippen LogP contribution in [0.15, 0.2) is 41.3 Å². The molecule has 3 heterocycles. The van der Waals surface area contributed by atoms with E-state index in [1.54, 1.807) is 12.4 Å². The van der Waals surface area contributed by atoms with Crippen LogP contribution in [0.4, 0.5) is 18.9 Å². The number of anilines is 1. The van der Waals surface area contributed by atoms with Gasteiger partial charge in [-0.1, -0.05) is 0 Å². The lowest BCUT2D eigenvalue weighted by molar-refractivity contribution is -0.137. The van der Waals surface area contributed by atoms with Crippen molar-refractivity contribution in [1.29, 1.82) is 0 Å². The van der Waals surface area contributed by atoms with Gasteiger partial charge in [-0.3, -0.25) is 4.98 Å². The molecule has 1 fully saturated rings. The van der Waals surface area contributed by atoms with Gasteiger partial charge in [0.15, 0.2) is 0 Å². The second-order valence-electron chi connectivity index (χ2n) is 5.19. The number of alkyl halides is 3. The number of pyridine rings is 2. The van der Waals surface area contributed by atoms with Crippen LogP contribution >= 0.6 is 15.9 Å². The van der Waals surface area contributed by atoms with Crippen molar-refractivity contribution in [1.82, 2.24) is 9.97 Å². The fraction of sp³-hybridized carbons (Fsp3) is 0.333. The Kier molecular flexibility index (Phi) is 4.43. The van der Waals surface area contributed by atoms with Crippen molar-refractivity contribution in [3.63, 3.8) is 0 Å². The van der Waals surface area contributed by atoms with Gasteiger partial charge in [0, 0.05) is 37.2 Å². The van der Waals surface area contributed by atoms with E-state index in [-0.39, 0.29) is 16.5 Å². The molecule has 0 saturated carbocycles. The van der Waals surface area contributed by atoms with E-state index in [4.69, 9.17) is 4.74 Å². The zero-order valence-corrected chi connectivity index (χ0v) is 13.5. The smallest absolute Gasteiger partial charge is 0.417 e. The average molecular weight is 388 g/mol. The maximum atomic E-state index is 12.6. The quantitative estimate of drug-likeness (QED) is 0.799. The van der Waals surface area contributed by atoms with Gasteiger partial charge in [0.25, 0.3) is 0 Å². The molecule has 0 radical (unpaired) electrons. The Morgan fingerprint density at radius 1 is 1.26 bits per heavy atom. The fourth-order valence-corrected chi connectivity index (χ4v) is 2.88. The van der Waals surface area contributed by atoms with E-state index in [0.717, 1.165) is 30.9 Å². The van der Waals surface area contributed by atoms with Gasteiger partial charge in [0.2, 0.25) is 5.88 Å². The molecule has 8 heteroatoms. The van der Waals surface area contributed by atoms with Gasteiger partial charge in [-0.25, -0.2) is 4.98 Å². The molecule has 2 aromatic heterocycles. The minimum atomic E-state index is -4.42. The first-order chi connectivity index (χ1) is 10.9. The molecular formula is C15H13BrF3N3O. The highest BCUT2D eigenvalue weighted by Crippen LogP contribution is 2.34. The largest absolute Gasteiger partial charge is 0.472 e. The van der Waals surface area contributed by atoms with Crippen LogP contribution in [0.5, 0.6) is 5.88 Å². The van der Waals surface area contributed by atoms with Crippen LogP contribution in [-0.4, -0.2) is 29.2 Å². The van der Waals surface area contributed by atoms with Gasteiger partial charge < -0.3 is 9.64 Å². The lowest BCUT2D eigenvalue weighted by atomic mass is 10.3. The predicted octanol–water partition coefficient (Wildman–Crippen LogP) is 3.92. The summed E-state index contributed by atoms with van der Waals surface area (Å²) in [6, 6.07) is 4.81. The van der Waals surface area contributed by atoms with Crippen molar-refractivity contribution >= 4 is 21.6 Å². The van der Waals surface area contributed by atoms with Crippen molar-refractivity contribution in [3.8, 4) is 5.88 Å². The Morgan fingerprint density at radius 3 is 2.65 bits per heavy atom. The van der Waals surface area contributed by atoms with Gasteiger partial charge in [-0.15, -0.1) is 0 Å². The van der Waals surface area contributed by atoms with Crippen LogP contribution in [0.2, 0.25) is 0 Å². The number of aromatic nitrogens is 2. The Morgan fingerprint density at radius 2 is 2.00 bits per heavy atom. The highest BCUT2D eigenvalue weighted by atomic mass is 79.9. The molecule has 122 valence electrons. The molecule has 1 atom stereocenters. The van der Waals surface area contributed by atoms with E-state index in [9.17, 15) is 13.2 Å². The second kappa shape index (κ2) is 6.35. The molecule has 3 rings (SSSR count). The van der Waals surface area contributed by atoms with E-state index in [1.807, 2.05) is 12.1 Å². The summed E-state index contributed by atoms with van der Waals surface area (Å²) in [5.41, 5.74) is 0.243. The SMILES string of the molecule is FC(F)(F)c1cnc(O[C@@H]2CCN(c3ccncc3)C2)c(Br)c1. The molecule has 0 unspecified atom stereocenters. The highest BCUT2D eigenvalue weighted by Gasteiger charge is 2.32. The van der Waals surface area contributed by atoms with Gasteiger partial charge in [-0.2, -0.15) is 13.2 Å². The van der Waals surface area contributed by atoms with Crippen LogP contribution < -0.4 is 9.64 Å². The minimum absolute atomic E-state index is 0.122. The molecule has 23 heavy (non-hydrogen) atoms. The number of nitrogens with zero attached hydrogens (tertiary/aromatic N) is 3. The summed E-state index contributed by atoms with van der Waals surface area (Å²) < 4.78 is 43.8. The average Bonchev–Trinajstić information content (AvgIpc) is 2.98. The van der Waals surface area contributed by atoms with Crippen molar-refractivity contribution in [2.75, 3.05) is 18.0 Å². The molecular weight excluding hydrogens is 375 g/mol. The molecule has 1 saturated heterocycles. The van der Waals surface area contributed by atoms with Crippen molar-refractivity contribution in [3.05, 3.63) is 46.8 Å². The first-order valence-corrected chi connectivity index (χ1v) is 7.77. The summed E-state index contributed by atoms with van der Waals surface area (Å²) in [6.07, 6.45) is 0.463. The van der Waals surface area contributed by atoms with Gasteiger partial charge in [0.1, 0.15) is 6.10 Å². The third-order valence-corrected chi connectivity index (χ3v) is 4.15. The first-order valence-electron chi connectivity index (χ1n) is 6.98. The maximum Gasteiger partial charge on any atom is 0.417 e. The lowest BCUT2D eigenvalue weighted by Crippen LogP contribution is -2.24. The van der Waals surface area contributed by atoms with Gasteiger partial charge in [0.05, 0.1) is 16.6 Å². The van der Waals surface area contributed by atoms with E-state index < -0.39 is 11.7 Å². The van der Waals surface area contributed by atoms with E-state index in [2.05, 4.69) is 30.8 Å². The summed E-state index contributed by atoms with van der Waals surface area (Å²) >= 11 is 3.10. The van der Waals surface area contributed by atoms with Crippen LogP contribution in [0.1, 0.15) is 12.0 Å². The Bertz CT molecular complexity index is 681. The van der Waals surface area contributed by atoms with Crippen molar-refractivity contribution in [2.24, 2.45) is 0 Å². The van der Waals surface area contributed by atoms with E-state index in [0.29, 0.717) is 6.54 Å². The summed E-state index contributed by atoms with van der Waals surface area (Å²) in [5, 5.41) is 0. The third kappa shape index (κ3) is 3.74. The van der Waals surface area contributed by atoms with Gasteiger partial charge in [-0.05, 0) is 34.1 Å². The van der Waals surface area contributed by atoms with Crippen LogP contribution in [-0.2, 0) is 6.18 Å². The zero-order valence-electron chi connectivity index (χ0n) is 11.9. The standard InChI is InChI=1S/C15H13BrF3N3O/c16-13-7-10(15(17,18)19)8-21-14(13)23-12-3-6-22(9-12)11-1-4-20-5-2-11/h1-2,4-5,7-8,12H,3,6,9H2/t12-/m1/s1. The number of hydrogen-bond acceptors (Lipinski definition) is 4. The summed E-state index contributed by atoms with van der Waals surface area (Å²) in [4.78, 5) is 9.91. The fourth-order valence-electron chi connectivity index (χ4n) is 2.44. The van der Waals surface area contributed by atoms with Crippen molar-refractivity contribution < 1.29 is 17.9 Å². The molecule has 1 aliphatic heterocycles. The summed E-state index contributed by atoms with van der Waals surface area (Å²) in [5.74, 6) is 0.180. The van der Waals surface area contributed by atoms with Crippen molar-refractivity contribution in [2.45, 2.75) is 18.7 Å². The van der Waals surface area contributed by atoms with Gasteiger partial charge >= 0.3 is 6.18 Å². The highest BCUT2D eigenvalue weighted by molar-refractivity contribution is 9.10. The maximum absolute atomic E-state index is 12.6. The molecule has 0 N–H and O–H groups in total. The third-order valence-electron chi connectivity index (χ3n) is 3.59. The second-order valence-corrected chi connectivity index (χ2v) is 6.04. The number of rotatable bonds is 3. The molecule has 2 aromatic rings. The Labute approximate surface area is 139 Å². The molecule has 0 aliphatic carbocycles. The van der Waals surface area contributed by atoms with E-state index in [1.165, 1.54) is 0 Å². The molecule has 0 spiro atoms. The van der Waals surface area contributed by atoms with Crippen LogP contribution in [0.3, 0.4) is 0 Å². The Hall–Kier alpha value is -1.83. The predicted molar refractivity (Wildman–Crippen MR) is 82.4 cm³/mol. The van der Waals surface area contributed by atoms with Crippen LogP contribution in [0.25, 0.3) is 0 Å². The van der Waals surface area contributed by atoms with Crippen LogP contribution in [0, 0.1) is 0 Å². The monoisotopic (exact) mass is 387 g/mol. The normalized spacial score (nSPS) is 18.3. The number of halogens is 4. The zero-order chi connectivity index (χ0) is 16.4. The molecule has 0 bridgehead atoms. The van der Waals surface area contributed by atoms with E-state index >= 15 is 0 Å². The number of hydrogen-bond donors (Lipinski definition) is 0. The molecule has 4 nitrogen and oxygen atoms in total. The molecule has 0 amide bonds. The molecule has 0 aromatic carbocycles. The number of ether oxygens (including phenoxy) is 1. The topological polar surface area (TPSA) is 38.2 Å². The Balaban J connectivity index is 1.67. The molecule has 1 aliphatic rings. The first kappa shape index (κ1) is 16.0. The summed E-state index contributed by atoms with van der Waals surface area (Å²) in [7, 11) is 0. The minimum Gasteiger partial charge on any atom is -0.472 e.